The summed E-state index contributed by atoms with van der Waals surface area (Å²) in [5, 5.41) is 0. The van der Waals surface area contributed by atoms with Crippen LogP contribution in [0.4, 0.5) is 0 Å². The summed E-state index contributed by atoms with van der Waals surface area (Å²) in [6.45, 7) is -2.86. The summed E-state index contributed by atoms with van der Waals surface area (Å²) in [6, 6.07) is 0. The summed E-state index contributed by atoms with van der Waals surface area (Å²) in [5.74, 6) is -1.40. The maximum Gasteiger partial charge on any atom is 0.308 e. The van der Waals surface area contributed by atoms with Crippen molar-refractivity contribution in [2.24, 2.45) is 5.92 Å². The van der Waals surface area contributed by atoms with Gasteiger partial charge in [0, 0.05) is 4.11 Å². The Balaban J connectivity index is 4.44. The summed E-state index contributed by atoms with van der Waals surface area (Å²) in [4.78, 5) is 10.9. The minimum absolute atomic E-state index is 0.544. The smallest absolute Gasteiger partial charge is 0.308 e. The van der Waals surface area contributed by atoms with Crippen LogP contribution in [0.25, 0.3) is 0 Å². The largest absolute Gasteiger partial charge is 0.466 e. The highest BCUT2D eigenvalue weighted by atomic mass is 16.5. The minimum Gasteiger partial charge on any atom is -0.466 e. The van der Waals surface area contributed by atoms with E-state index in [9.17, 15) is 4.79 Å². The van der Waals surface area contributed by atoms with Crippen LogP contribution < -0.4 is 0 Å². The van der Waals surface area contributed by atoms with Gasteiger partial charge in [0.2, 0.25) is 0 Å². The average Bonchev–Trinajstić information content (AvgIpc) is 1.83. The van der Waals surface area contributed by atoms with Crippen molar-refractivity contribution in [2.75, 3.05) is 6.56 Å². The van der Waals surface area contributed by atoms with E-state index >= 15 is 0 Å². The number of carbonyl (C=O) groups is 1. The van der Waals surface area contributed by atoms with Gasteiger partial charge in [-0.25, -0.2) is 0 Å². The van der Waals surface area contributed by atoms with Crippen LogP contribution in [0.5, 0.6) is 0 Å². The number of esters is 1. The second-order valence-electron chi connectivity index (χ2n) is 1.68. The van der Waals surface area contributed by atoms with Gasteiger partial charge in [0.25, 0.3) is 0 Å². The summed E-state index contributed by atoms with van der Waals surface area (Å²) in [5.41, 5.74) is 0. The zero-order chi connectivity index (χ0) is 10.9. The van der Waals surface area contributed by atoms with Crippen molar-refractivity contribution in [3.8, 4) is 0 Å². The number of carbonyl (C=O) groups excluding carboxylic acids is 1. The molecule has 0 fully saturated rings. The fourth-order valence-corrected chi connectivity index (χ4v) is 0.168. The van der Waals surface area contributed by atoms with Crippen molar-refractivity contribution in [1.29, 1.82) is 0 Å². The van der Waals surface area contributed by atoms with Gasteiger partial charge in [-0.1, -0.05) is 13.8 Å². The molecule has 0 aromatic carbocycles. The summed E-state index contributed by atoms with van der Waals surface area (Å²) < 4.78 is 38.4. The van der Waals surface area contributed by atoms with Gasteiger partial charge in [0.05, 0.1) is 15.2 Å². The first-order chi connectivity index (χ1) is 5.58. The molecule has 0 spiro atoms. The molecule has 0 aliphatic rings. The lowest BCUT2D eigenvalue weighted by atomic mass is 10.2. The number of hydrogen-bond acceptors (Lipinski definition) is 2. The van der Waals surface area contributed by atoms with Crippen LogP contribution in [0.3, 0.4) is 0 Å². The van der Waals surface area contributed by atoms with E-state index in [1.54, 1.807) is 0 Å². The molecule has 0 unspecified atom stereocenters. The van der Waals surface area contributed by atoms with E-state index in [1.807, 2.05) is 0 Å². The summed E-state index contributed by atoms with van der Waals surface area (Å²) in [7, 11) is 0. The van der Waals surface area contributed by atoms with Gasteiger partial charge in [0.15, 0.2) is 0 Å². The average molecular weight is 121 g/mol. The molecule has 0 atom stereocenters. The molecule has 0 aromatic rings. The second-order valence-corrected chi connectivity index (χ2v) is 1.68. The van der Waals surface area contributed by atoms with Crippen molar-refractivity contribution >= 4 is 5.97 Å². The third kappa shape index (κ3) is 2.61. The van der Waals surface area contributed by atoms with E-state index in [4.69, 9.17) is 6.85 Å². The predicted molar refractivity (Wildman–Crippen MR) is 31.5 cm³/mol. The fraction of sp³-hybridized carbons (Fsp3) is 0.833. The van der Waals surface area contributed by atoms with Crippen LogP contribution in [-0.4, -0.2) is 12.5 Å². The highest BCUT2D eigenvalue weighted by Crippen LogP contribution is 1.93. The molecule has 0 saturated carbocycles. The molecule has 0 amide bonds. The molecule has 0 rings (SSSR count). The molecule has 2 nitrogen and oxygen atoms in total. The quantitative estimate of drug-likeness (QED) is 0.513. The minimum atomic E-state index is -2.95. The first-order valence-corrected chi connectivity index (χ1v) is 2.31. The Labute approximate surface area is 56.9 Å². The highest BCUT2D eigenvalue weighted by Gasteiger charge is 2.04. The first-order valence-electron chi connectivity index (χ1n) is 4.81. The van der Waals surface area contributed by atoms with Crippen LogP contribution in [-0.2, 0) is 9.53 Å². The van der Waals surface area contributed by atoms with Crippen molar-refractivity contribution in [1.82, 2.24) is 0 Å². The van der Waals surface area contributed by atoms with E-state index in [-0.39, 0.29) is 0 Å². The zero-order valence-corrected chi connectivity index (χ0v) is 4.89. The topological polar surface area (TPSA) is 26.3 Å². The first kappa shape index (κ1) is 2.38. The lowest BCUT2D eigenvalue weighted by molar-refractivity contribution is -0.146. The van der Waals surface area contributed by atoms with E-state index in [1.165, 1.54) is 13.8 Å². The predicted octanol–water partition coefficient (Wildman–Crippen LogP) is 1.21. The molecule has 0 aliphatic heterocycles. The molecule has 0 radical (unpaired) electrons. The van der Waals surface area contributed by atoms with Crippen LogP contribution in [0.1, 0.15) is 27.6 Å². The molecule has 2 heteroatoms. The maximum atomic E-state index is 10.9. The normalized spacial score (nSPS) is 22.1. The van der Waals surface area contributed by atoms with Gasteiger partial charge in [-0.2, -0.15) is 0 Å². The molecule has 8 heavy (non-hydrogen) atoms. The monoisotopic (exact) mass is 121 g/mol. The third-order valence-electron chi connectivity index (χ3n) is 0.623. The van der Waals surface area contributed by atoms with Gasteiger partial charge in [-0.15, -0.1) is 0 Å². The van der Waals surface area contributed by atoms with Crippen LogP contribution in [0.15, 0.2) is 0 Å². The maximum absolute atomic E-state index is 10.9. The van der Waals surface area contributed by atoms with Crippen molar-refractivity contribution in [3.63, 3.8) is 0 Å². The number of ether oxygens (including phenoxy) is 1. The van der Waals surface area contributed by atoms with E-state index in [2.05, 4.69) is 4.74 Å². The molecule has 0 aromatic heterocycles. The zero-order valence-electron chi connectivity index (χ0n) is 9.89. The van der Waals surface area contributed by atoms with Gasteiger partial charge in [-0.05, 0) is 6.85 Å². The van der Waals surface area contributed by atoms with Crippen LogP contribution in [0, 0.1) is 5.92 Å². The Kier molecular flexibility index (Phi) is 1.03. The van der Waals surface area contributed by atoms with Gasteiger partial charge < -0.3 is 4.74 Å². The Bertz CT molecular complexity index is 196. The summed E-state index contributed by atoms with van der Waals surface area (Å²) in [6.07, 6.45) is 0. The number of rotatable bonds is 2. The van der Waals surface area contributed by atoms with Crippen LogP contribution in [0.2, 0.25) is 0 Å². The van der Waals surface area contributed by atoms with Crippen LogP contribution >= 0.6 is 0 Å². The van der Waals surface area contributed by atoms with E-state index < -0.39 is 25.3 Å². The highest BCUT2D eigenvalue weighted by molar-refractivity contribution is 5.71. The van der Waals surface area contributed by atoms with E-state index in [0.29, 0.717) is 0 Å². The molecular weight excluding hydrogens is 104 g/mol. The van der Waals surface area contributed by atoms with E-state index in [0.717, 1.165) is 0 Å². The Morgan fingerprint density at radius 1 is 2.00 bits per heavy atom. The van der Waals surface area contributed by atoms with Crippen molar-refractivity contribution in [3.05, 3.63) is 0 Å². The molecule has 0 bridgehead atoms. The van der Waals surface area contributed by atoms with Crippen molar-refractivity contribution < 1.29 is 16.4 Å². The molecule has 0 heterocycles. The standard InChI is InChI=1S/C6H12O2/c1-4-8-6(7)5(2)3/h5H,4H2,1-3H3/i1D3,4D2. The van der Waals surface area contributed by atoms with Crippen molar-refractivity contribution in [2.45, 2.75) is 20.7 Å². The van der Waals surface area contributed by atoms with Gasteiger partial charge in [-0.3, -0.25) is 4.79 Å². The Hall–Kier alpha value is -0.530. The second kappa shape index (κ2) is 3.47. The molecule has 0 saturated heterocycles. The SMILES string of the molecule is [2H]C([2H])([2H])C([2H])([2H])OC(=O)C(C)C. The Morgan fingerprint density at radius 3 is 3.00 bits per heavy atom. The van der Waals surface area contributed by atoms with Gasteiger partial charge in [0.1, 0.15) is 0 Å². The molecule has 0 aliphatic carbocycles. The molecule has 48 valence electrons. The summed E-state index contributed by atoms with van der Waals surface area (Å²) >= 11 is 0. The molecular formula is C6H12O2. The fourth-order valence-electron chi connectivity index (χ4n) is 0.168. The van der Waals surface area contributed by atoms with Gasteiger partial charge >= 0.3 is 5.97 Å². The third-order valence-corrected chi connectivity index (χ3v) is 0.623. The Morgan fingerprint density at radius 2 is 2.62 bits per heavy atom. The molecule has 0 N–H and O–H groups in total. The number of hydrogen-bond donors (Lipinski definition) is 0. The lowest BCUT2D eigenvalue weighted by Gasteiger charge is -2.01. The lowest BCUT2D eigenvalue weighted by Crippen LogP contribution is -2.10.